The van der Waals surface area contributed by atoms with Crippen LogP contribution in [0.15, 0.2) is 54.3 Å². The minimum Gasteiger partial charge on any atom is -0.544 e. The van der Waals surface area contributed by atoms with E-state index in [2.05, 4.69) is 38.6 Å². The molecule has 1 rings (SSSR count). The molecule has 0 aliphatic heterocycles. The van der Waals surface area contributed by atoms with Gasteiger partial charge in [0.25, 0.3) is 0 Å². The van der Waals surface area contributed by atoms with E-state index >= 15 is 0 Å². The van der Waals surface area contributed by atoms with Crippen molar-refractivity contribution in [2.24, 2.45) is 0 Å². The van der Waals surface area contributed by atoms with Gasteiger partial charge in [-0.1, -0.05) is 39.0 Å². The number of rotatable bonds is 9. The summed E-state index contributed by atoms with van der Waals surface area (Å²) in [6, 6.07) is 9.71. The van der Waals surface area contributed by atoms with Gasteiger partial charge in [-0.15, -0.1) is 0 Å². The Bertz CT molecular complexity index is 630. The van der Waals surface area contributed by atoms with Crippen LogP contribution in [0.25, 0.3) is 0 Å². The van der Waals surface area contributed by atoms with Crippen molar-refractivity contribution in [2.75, 3.05) is 20.3 Å². The van der Waals surface area contributed by atoms with E-state index in [1.54, 1.807) is 6.08 Å². The van der Waals surface area contributed by atoms with Crippen LogP contribution in [-0.2, 0) is 13.9 Å². The maximum atomic E-state index is 11.0. The fourth-order valence-corrected chi connectivity index (χ4v) is 2.87. The van der Waals surface area contributed by atoms with Crippen LogP contribution in [0.2, 0.25) is 18.1 Å². The number of hydrogen-bond donors (Lipinski definition) is 0. The lowest BCUT2D eigenvalue weighted by molar-refractivity contribution is 0.0817. The fraction of sp³-hybridized carbons (Fsp3) is 0.476. The number of ether oxygens (including phenoxy) is 3. The second-order valence-electron chi connectivity index (χ2n) is 7.59. The largest absolute Gasteiger partial charge is 0.544 e. The second-order valence-corrected chi connectivity index (χ2v) is 12.3. The van der Waals surface area contributed by atoms with Crippen LogP contribution in [-0.4, -0.2) is 34.8 Å². The first-order valence-electron chi connectivity index (χ1n) is 9.10. The van der Waals surface area contributed by atoms with Gasteiger partial charge >= 0.3 is 6.16 Å². The van der Waals surface area contributed by atoms with Crippen LogP contribution >= 0.6 is 0 Å². The molecule has 0 amide bonds. The third kappa shape index (κ3) is 8.82. The van der Waals surface area contributed by atoms with Crippen LogP contribution in [0.1, 0.15) is 27.2 Å². The summed E-state index contributed by atoms with van der Waals surface area (Å²) in [6.07, 6.45) is 5.60. The summed E-state index contributed by atoms with van der Waals surface area (Å²) in [6.45, 7) is 11.7. The van der Waals surface area contributed by atoms with Gasteiger partial charge in [0.05, 0.1) is 19.5 Å². The fourth-order valence-electron chi connectivity index (χ4n) is 1.83. The van der Waals surface area contributed by atoms with Crippen LogP contribution in [0, 0.1) is 0 Å². The first-order chi connectivity index (χ1) is 12.7. The highest BCUT2D eigenvalue weighted by molar-refractivity contribution is 6.74. The predicted molar refractivity (Wildman–Crippen MR) is 110 cm³/mol. The number of carbonyl (C=O) groups is 1. The summed E-state index contributed by atoms with van der Waals surface area (Å²) in [4.78, 5) is 11.0. The molecule has 0 N–H and O–H groups in total. The molecular formula is C21H32O5Si. The van der Waals surface area contributed by atoms with Crippen molar-refractivity contribution in [1.82, 2.24) is 0 Å². The Morgan fingerprint density at radius 2 is 1.81 bits per heavy atom. The van der Waals surface area contributed by atoms with E-state index in [-0.39, 0.29) is 11.6 Å². The molecule has 0 atom stereocenters. The van der Waals surface area contributed by atoms with Crippen LogP contribution in [0.5, 0.6) is 5.75 Å². The highest BCUT2D eigenvalue weighted by atomic mass is 28.4. The van der Waals surface area contributed by atoms with Crippen LogP contribution in [0.3, 0.4) is 0 Å². The molecule has 0 aliphatic carbocycles. The monoisotopic (exact) mass is 392 g/mol. The van der Waals surface area contributed by atoms with E-state index in [0.717, 1.165) is 11.5 Å². The maximum Gasteiger partial charge on any atom is 0.508 e. The number of para-hydroxylation sites is 1. The van der Waals surface area contributed by atoms with E-state index in [9.17, 15) is 4.79 Å². The molecule has 0 aromatic heterocycles. The Labute approximate surface area is 164 Å². The van der Waals surface area contributed by atoms with Gasteiger partial charge in [0.1, 0.15) is 12.4 Å². The molecule has 1 aromatic rings. The van der Waals surface area contributed by atoms with Crippen molar-refractivity contribution in [3.05, 3.63) is 54.3 Å². The molecular weight excluding hydrogens is 360 g/mol. The van der Waals surface area contributed by atoms with E-state index in [4.69, 9.17) is 13.9 Å². The number of allylic oxidation sites excluding steroid dienone is 1. The van der Waals surface area contributed by atoms with Crippen molar-refractivity contribution in [1.29, 1.82) is 0 Å². The van der Waals surface area contributed by atoms with E-state index < -0.39 is 14.5 Å². The number of hydrogen-bond acceptors (Lipinski definition) is 5. The van der Waals surface area contributed by atoms with E-state index in [1.807, 2.05) is 42.5 Å². The lowest BCUT2D eigenvalue weighted by Crippen LogP contribution is -2.40. The molecule has 0 saturated carbocycles. The van der Waals surface area contributed by atoms with Crippen molar-refractivity contribution in [3.8, 4) is 5.75 Å². The van der Waals surface area contributed by atoms with Crippen LogP contribution < -0.4 is 4.74 Å². The molecule has 6 heteroatoms. The van der Waals surface area contributed by atoms with E-state index in [1.165, 1.54) is 7.11 Å². The van der Waals surface area contributed by atoms with E-state index in [0.29, 0.717) is 13.0 Å². The molecule has 0 saturated heterocycles. The molecule has 0 radical (unpaired) electrons. The smallest absolute Gasteiger partial charge is 0.508 e. The van der Waals surface area contributed by atoms with Crippen LogP contribution in [0.4, 0.5) is 4.79 Å². The highest BCUT2D eigenvalue weighted by Crippen LogP contribution is 2.38. The summed E-state index contributed by atoms with van der Waals surface area (Å²) < 4.78 is 21.4. The summed E-state index contributed by atoms with van der Waals surface area (Å²) in [5.74, 6) is 1.62. The molecule has 0 heterocycles. The lowest BCUT2D eigenvalue weighted by Gasteiger charge is -2.36. The molecule has 0 unspecified atom stereocenters. The summed E-state index contributed by atoms with van der Waals surface area (Å²) in [5, 5.41) is 0.0863. The third-order valence-electron chi connectivity index (χ3n) is 4.40. The number of benzene rings is 1. The lowest BCUT2D eigenvalue weighted by atomic mass is 10.2. The second kappa shape index (κ2) is 10.8. The van der Waals surface area contributed by atoms with Gasteiger partial charge in [-0.25, -0.2) is 4.79 Å². The Hall–Kier alpha value is -2.21. The quantitative estimate of drug-likeness (QED) is 0.177. The summed E-state index contributed by atoms with van der Waals surface area (Å²) >= 11 is 0. The molecule has 0 aliphatic rings. The van der Waals surface area contributed by atoms with Gasteiger partial charge < -0.3 is 18.6 Å². The average Bonchev–Trinajstić information content (AvgIpc) is 2.61. The summed E-state index contributed by atoms with van der Waals surface area (Å²) in [5.41, 5.74) is 0. The highest BCUT2D eigenvalue weighted by Gasteiger charge is 2.39. The zero-order valence-corrected chi connectivity index (χ0v) is 18.3. The molecule has 1 aromatic carbocycles. The standard InChI is InChI=1S/C21H32O5Si/c1-21(2,3)27(5,6)26-19(15-11-17-25-20(22)23-4)14-10-16-24-18-12-8-7-9-13-18/h7-9,11-15H,10,16-17H2,1-6H3/b15-11+,19-14-. The average molecular weight is 393 g/mol. The SMILES string of the molecule is COC(=O)OC/C=C/C(=C/CCOc1ccccc1)O[Si](C)(C)C(C)(C)C. The first-order valence-corrected chi connectivity index (χ1v) is 12.0. The molecule has 0 bridgehead atoms. The van der Waals surface area contributed by atoms with Crippen molar-refractivity contribution in [3.63, 3.8) is 0 Å². The molecule has 0 fully saturated rings. The number of carbonyl (C=O) groups excluding carboxylic acids is 1. The van der Waals surface area contributed by atoms with Gasteiger partial charge in [0.2, 0.25) is 8.32 Å². The van der Waals surface area contributed by atoms with Gasteiger partial charge in [0, 0.05) is 6.42 Å². The normalized spacial score (nSPS) is 12.7. The molecule has 150 valence electrons. The molecule has 27 heavy (non-hydrogen) atoms. The summed E-state index contributed by atoms with van der Waals surface area (Å²) in [7, 11) is -0.691. The maximum absolute atomic E-state index is 11.0. The van der Waals surface area contributed by atoms with Crippen molar-refractivity contribution >= 4 is 14.5 Å². The Morgan fingerprint density at radius 1 is 1.15 bits per heavy atom. The third-order valence-corrected chi connectivity index (χ3v) is 8.76. The molecule has 0 spiro atoms. The van der Waals surface area contributed by atoms with Crippen molar-refractivity contribution in [2.45, 2.75) is 45.3 Å². The van der Waals surface area contributed by atoms with Gasteiger partial charge in [0.15, 0.2) is 0 Å². The number of methoxy groups -OCH3 is 1. The predicted octanol–water partition coefficient (Wildman–Crippen LogP) is 5.70. The topological polar surface area (TPSA) is 54.0 Å². The zero-order valence-electron chi connectivity index (χ0n) is 17.3. The van der Waals surface area contributed by atoms with Gasteiger partial charge in [-0.2, -0.15) is 0 Å². The zero-order chi connectivity index (χ0) is 20.3. The minimum absolute atomic E-state index is 0.0863. The van der Waals surface area contributed by atoms with Gasteiger partial charge in [-0.3, -0.25) is 0 Å². The Balaban J connectivity index is 2.70. The first kappa shape index (κ1) is 22.8. The molecule has 5 nitrogen and oxygen atoms in total. The Kier molecular flexibility index (Phi) is 9.15. The Morgan fingerprint density at radius 3 is 2.41 bits per heavy atom. The van der Waals surface area contributed by atoms with Crippen molar-refractivity contribution < 1.29 is 23.4 Å². The van der Waals surface area contributed by atoms with Gasteiger partial charge in [-0.05, 0) is 48.5 Å². The minimum atomic E-state index is -1.97.